The predicted octanol–water partition coefficient (Wildman–Crippen LogP) is 4.46. The van der Waals surface area contributed by atoms with Gasteiger partial charge in [-0.3, -0.25) is 4.79 Å². The van der Waals surface area contributed by atoms with Crippen molar-refractivity contribution in [2.24, 2.45) is 0 Å². The third-order valence-electron chi connectivity index (χ3n) is 7.28. The monoisotopic (exact) mass is 610 g/mol. The van der Waals surface area contributed by atoms with Crippen LogP contribution in [-0.4, -0.2) is 23.9 Å². The molecule has 8 heteroatoms. The van der Waals surface area contributed by atoms with Crippen LogP contribution in [0.5, 0.6) is 0 Å². The topological polar surface area (TPSA) is 74.2 Å². The fourth-order valence-corrected chi connectivity index (χ4v) is 5.27. The Morgan fingerprint density at radius 1 is 0.841 bits per heavy atom. The number of aromatic nitrogens is 1. The molecular weight excluding hydrogens is 569 g/mol. The first-order valence-corrected chi connectivity index (χ1v) is 14.8. The number of carboxylic acid groups (broad SMARTS) is 1. The Bertz CT molecular complexity index is 1470. The van der Waals surface area contributed by atoms with Crippen LogP contribution in [-0.2, 0) is 17.8 Å². The number of hydrogen-bond donors (Lipinski definition) is 1. The van der Waals surface area contributed by atoms with Gasteiger partial charge in [-0.15, -0.1) is 0 Å². The van der Waals surface area contributed by atoms with Crippen LogP contribution >= 0.6 is 0 Å². The van der Waals surface area contributed by atoms with Crippen molar-refractivity contribution >= 4 is 12.3 Å². The van der Waals surface area contributed by atoms with Gasteiger partial charge in [-0.2, -0.15) is 0 Å². The zero-order valence-corrected chi connectivity index (χ0v) is 28.5. The van der Waals surface area contributed by atoms with Crippen molar-refractivity contribution in [2.75, 3.05) is 7.05 Å². The zero-order valence-electron chi connectivity index (χ0n) is 26.5. The maximum Gasteiger partial charge on any atom is 1.00 e. The van der Waals surface area contributed by atoms with Crippen molar-refractivity contribution in [2.45, 2.75) is 71.9 Å². The van der Waals surface area contributed by atoms with E-state index in [0.29, 0.717) is 29.7 Å². The smallest absolute Gasteiger partial charge is 0.550 e. The summed E-state index contributed by atoms with van der Waals surface area (Å²) in [5.74, 6) is -1.76. The van der Waals surface area contributed by atoms with Gasteiger partial charge in [0.25, 0.3) is 0 Å². The molecule has 0 aliphatic heterocycles. The molecule has 0 amide bonds. The molecule has 0 atom stereocenters. The van der Waals surface area contributed by atoms with Crippen molar-refractivity contribution in [3.8, 4) is 22.3 Å². The van der Waals surface area contributed by atoms with E-state index in [9.17, 15) is 23.5 Å². The Morgan fingerprint density at radius 2 is 1.36 bits per heavy atom. The number of hydrogen-bond acceptors (Lipinski definition) is 4. The maximum absolute atomic E-state index is 13.7. The molecule has 0 unspecified atom stereocenters. The molecule has 0 aliphatic carbocycles. The fraction of sp³-hybridized carbons (Fsp3) is 0.333. The molecule has 4 aromatic rings. The minimum atomic E-state index is -1.04. The molecule has 0 fully saturated rings. The number of carboxylic acids is 1. The molecule has 1 aromatic heterocycles. The van der Waals surface area contributed by atoms with E-state index in [0.717, 1.165) is 48.9 Å². The largest absolute Gasteiger partial charge is 1.00 e. The number of nitrogens with one attached hydrogen (secondary N) is 1. The van der Waals surface area contributed by atoms with Gasteiger partial charge in [-0.1, -0.05) is 66.9 Å². The zero-order chi connectivity index (χ0) is 31.4. The molecule has 0 radical (unpaired) electrons. The van der Waals surface area contributed by atoms with E-state index in [1.165, 1.54) is 35.4 Å². The summed E-state index contributed by atoms with van der Waals surface area (Å²) < 4.78 is 29.3. The molecule has 5 nitrogen and oxygen atoms in total. The number of carbonyl (C=O) groups excluding carboxylic acids is 2. The summed E-state index contributed by atoms with van der Waals surface area (Å²) in [5, 5.41) is 13.7. The molecule has 4 rings (SSSR count). The number of nitrogens with zero attached hydrogens (tertiary/aromatic N) is 1. The summed E-state index contributed by atoms with van der Waals surface area (Å²) in [5.41, 5.74) is 7.16. The number of aryl methyl sites for hydroxylation is 1. The average molecular weight is 611 g/mol. The van der Waals surface area contributed by atoms with Crippen LogP contribution in [0.2, 0.25) is 0 Å². The van der Waals surface area contributed by atoms with Crippen molar-refractivity contribution < 1.29 is 53.0 Å². The molecule has 0 saturated carbocycles. The summed E-state index contributed by atoms with van der Waals surface area (Å²) in [6, 6.07) is 20.7. The van der Waals surface area contributed by atoms with Crippen LogP contribution < -0.4 is 40.0 Å². The van der Waals surface area contributed by atoms with Gasteiger partial charge in [0.15, 0.2) is 6.29 Å². The maximum atomic E-state index is 13.7. The Morgan fingerprint density at radius 3 is 1.84 bits per heavy atom. The Kier molecular flexibility index (Phi) is 15.7. The summed E-state index contributed by atoms with van der Waals surface area (Å²) in [6.07, 6.45) is 4.52. The van der Waals surface area contributed by atoms with Crippen LogP contribution in [0.15, 0.2) is 72.8 Å². The second-order valence-corrected chi connectivity index (χ2v) is 11.0. The standard InChI is InChI=1S/C27H29F2NO3.C9H13N.Na/c1-18(2)30-23(7-5-3-4-6-8-25(32)33)26(19-9-13-21(28)14-10-19)27(24(30)17-31)20-11-15-22(29)16-12-20;1-8-3-5-9(6-4-8)7-10-2;/h9-18H,3-8H2,1-2H3,(H,32,33);3-6,10H,7H2,1-2H3;/q;;+1/p-1. The normalized spacial score (nSPS) is 10.6. The minimum Gasteiger partial charge on any atom is -0.550 e. The molecule has 0 spiro atoms. The van der Waals surface area contributed by atoms with E-state index >= 15 is 0 Å². The second kappa shape index (κ2) is 18.6. The van der Waals surface area contributed by atoms with Gasteiger partial charge in [0.2, 0.25) is 0 Å². The molecule has 44 heavy (non-hydrogen) atoms. The third-order valence-corrected chi connectivity index (χ3v) is 7.28. The molecule has 3 aromatic carbocycles. The van der Waals surface area contributed by atoms with E-state index in [1.807, 2.05) is 25.5 Å². The number of aldehydes is 1. The van der Waals surface area contributed by atoms with Crippen molar-refractivity contribution in [3.05, 3.63) is 107 Å². The number of aliphatic carboxylic acids is 1. The summed E-state index contributed by atoms with van der Waals surface area (Å²) >= 11 is 0. The minimum absolute atomic E-state index is 0. The fourth-order valence-electron chi connectivity index (χ4n) is 5.27. The number of carbonyl (C=O) groups is 2. The van der Waals surface area contributed by atoms with Crippen LogP contribution in [0.25, 0.3) is 22.3 Å². The van der Waals surface area contributed by atoms with Crippen molar-refractivity contribution in [1.29, 1.82) is 0 Å². The van der Waals surface area contributed by atoms with Crippen LogP contribution in [0, 0.1) is 18.6 Å². The van der Waals surface area contributed by atoms with Crippen LogP contribution in [0.4, 0.5) is 8.78 Å². The first kappa shape index (κ1) is 37.1. The van der Waals surface area contributed by atoms with Crippen molar-refractivity contribution in [3.63, 3.8) is 0 Å². The number of unbranched alkanes of at least 4 members (excludes halogenated alkanes) is 3. The second-order valence-electron chi connectivity index (χ2n) is 11.0. The van der Waals surface area contributed by atoms with E-state index in [1.54, 1.807) is 24.3 Å². The van der Waals surface area contributed by atoms with E-state index in [4.69, 9.17) is 0 Å². The predicted molar refractivity (Wildman–Crippen MR) is 167 cm³/mol. The van der Waals surface area contributed by atoms with E-state index in [-0.39, 0.29) is 53.7 Å². The quantitative estimate of drug-likeness (QED) is 0.138. The molecule has 1 heterocycles. The summed E-state index contributed by atoms with van der Waals surface area (Å²) in [4.78, 5) is 22.9. The first-order valence-electron chi connectivity index (χ1n) is 14.8. The number of halogens is 2. The van der Waals surface area contributed by atoms with Crippen LogP contribution in [0.3, 0.4) is 0 Å². The summed E-state index contributed by atoms with van der Waals surface area (Å²) in [6.45, 7) is 7.06. The van der Waals surface area contributed by atoms with Gasteiger partial charge in [-0.25, -0.2) is 8.78 Å². The molecular formula is C36H41F2N2NaO3. The van der Waals surface area contributed by atoms with Gasteiger partial charge in [0.05, 0.1) is 5.69 Å². The Hall–Kier alpha value is -3.10. The van der Waals surface area contributed by atoms with Crippen LogP contribution in [0.1, 0.15) is 79.3 Å². The molecule has 0 bridgehead atoms. The van der Waals surface area contributed by atoms with Gasteiger partial charge in [0, 0.05) is 35.4 Å². The van der Waals surface area contributed by atoms with Gasteiger partial charge < -0.3 is 19.8 Å². The Labute approximate surface area is 282 Å². The molecule has 228 valence electrons. The van der Waals surface area contributed by atoms with Gasteiger partial charge >= 0.3 is 29.6 Å². The summed E-state index contributed by atoms with van der Waals surface area (Å²) in [7, 11) is 1.96. The number of rotatable bonds is 13. The molecule has 0 aliphatic rings. The van der Waals surface area contributed by atoms with Gasteiger partial charge in [-0.05, 0) is 94.5 Å². The average Bonchev–Trinajstić information content (AvgIpc) is 3.31. The van der Waals surface area contributed by atoms with Gasteiger partial charge in [0.1, 0.15) is 11.6 Å². The first-order chi connectivity index (χ1) is 20.7. The SMILES string of the molecule is CC(C)n1c(C=O)c(-c2ccc(F)cc2)c(-c2ccc(F)cc2)c1CCCCCCC(=O)[O-].CNCc1ccc(C)cc1.[Na+]. The van der Waals surface area contributed by atoms with E-state index < -0.39 is 5.97 Å². The van der Waals surface area contributed by atoms with E-state index in [2.05, 4.69) is 36.5 Å². The third kappa shape index (κ3) is 10.5. The Balaban J connectivity index is 0.000000521. The molecule has 0 saturated heterocycles. The van der Waals surface area contributed by atoms with Crippen molar-refractivity contribution in [1.82, 2.24) is 9.88 Å². The molecule has 1 N–H and O–H groups in total. The number of benzene rings is 3.